The first kappa shape index (κ1) is 25.5. The fraction of sp³-hybridized carbons (Fsp3) is 0.294. The number of hydrogen-bond donors (Lipinski definition) is 1. The van der Waals surface area contributed by atoms with Crippen molar-refractivity contribution in [3.8, 4) is 5.75 Å². The molecule has 0 aliphatic carbocycles. The van der Waals surface area contributed by atoms with Crippen LogP contribution in [0.15, 0.2) is 12.2 Å². The summed E-state index contributed by atoms with van der Waals surface area (Å²) in [7, 11) is 0. The Hall–Kier alpha value is -2.54. The molecule has 1 aliphatic heterocycles. The fourth-order valence-corrected chi connectivity index (χ4v) is 2.87. The van der Waals surface area contributed by atoms with Crippen molar-refractivity contribution < 1.29 is 41.1 Å². The zero-order valence-electron chi connectivity index (χ0n) is 15.8. The molecule has 0 radical (unpaired) electrons. The number of amides is 2. The second-order valence-electron chi connectivity index (χ2n) is 5.63. The number of nitrogens with one attached hydrogen (secondary N) is 1. The minimum absolute atomic E-state index is 0.0491. The molecule has 0 saturated heterocycles. The van der Waals surface area contributed by atoms with Gasteiger partial charge in [0.15, 0.2) is 0 Å². The number of ketones is 1. The van der Waals surface area contributed by atoms with Crippen LogP contribution in [-0.2, 0) is 14.4 Å². The minimum atomic E-state index is -2.23. The Morgan fingerprint density at radius 3 is 2.13 bits per heavy atom. The Balaban J connectivity index is 0.000000479. The van der Waals surface area contributed by atoms with Gasteiger partial charge in [-0.2, -0.15) is 0 Å². The van der Waals surface area contributed by atoms with Gasteiger partial charge < -0.3 is 0 Å². The van der Waals surface area contributed by atoms with Gasteiger partial charge >= 0.3 is 126 Å². The number of imide groups is 1. The molecule has 1 N–H and O–H groups in total. The summed E-state index contributed by atoms with van der Waals surface area (Å²) in [5, 5.41) is 1.94. The molecular formula is C17H16BF5N2O4S. The quantitative estimate of drug-likeness (QED) is 0.136. The van der Waals surface area contributed by atoms with E-state index >= 15 is 0 Å². The van der Waals surface area contributed by atoms with Crippen LogP contribution in [0.3, 0.4) is 0 Å². The van der Waals surface area contributed by atoms with Crippen molar-refractivity contribution in [2.24, 2.45) is 0 Å². The van der Waals surface area contributed by atoms with Crippen molar-refractivity contribution >= 4 is 41.7 Å². The topological polar surface area (TPSA) is 75.7 Å². The van der Waals surface area contributed by atoms with E-state index < -0.39 is 34.8 Å². The molecule has 0 saturated carbocycles. The number of hydrogen-bond acceptors (Lipinski definition) is 6. The predicted molar refractivity (Wildman–Crippen MR) is 101 cm³/mol. The maximum absolute atomic E-state index is 13.5. The number of ether oxygens (including phenoxy) is 1. The molecule has 13 heteroatoms. The molecule has 1 aromatic rings. The maximum atomic E-state index is 13.5. The number of nitrogens with zero attached hydrogens (tertiary/aromatic N) is 1. The van der Waals surface area contributed by atoms with Crippen LogP contribution in [0.4, 0.5) is 22.0 Å². The third kappa shape index (κ3) is 7.37. The Morgan fingerprint density at radius 1 is 1.13 bits per heavy atom. The van der Waals surface area contributed by atoms with Gasteiger partial charge in [0.2, 0.25) is 12.3 Å². The molecule has 0 fully saturated rings. The van der Waals surface area contributed by atoms with Crippen LogP contribution in [0.1, 0.15) is 20.3 Å². The fourth-order valence-electron chi connectivity index (χ4n) is 1.98. The molecule has 6 nitrogen and oxygen atoms in total. The first-order valence-corrected chi connectivity index (χ1v) is 9.12. The van der Waals surface area contributed by atoms with E-state index in [4.69, 9.17) is 4.74 Å². The van der Waals surface area contributed by atoms with Gasteiger partial charge in [-0.05, 0) is 13.0 Å². The molecule has 1 heterocycles. The molecule has 0 unspecified atom stereocenters. The summed E-state index contributed by atoms with van der Waals surface area (Å²) in [6, 6.07) is 0. The van der Waals surface area contributed by atoms with Gasteiger partial charge in [0.1, 0.15) is 0 Å². The van der Waals surface area contributed by atoms with Gasteiger partial charge in [-0.1, -0.05) is 6.08 Å². The van der Waals surface area contributed by atoms with Gasteiger partial charge in [-0.15, -0.1) is 0 Å². The summed E-state index contributed by atoms with van der Waals surface area (Å²) in [6.45, 7) is 3.62. The summed E-state index contributed by atoms with van der Waals surface area (Å²) >= 11 is 1.06. The third-order valence-electron chi connectivity index (χ3n) is 3.26. The van der Waals surface area contributed by atoms with Crippen LogP contribution < -0.4 is 10.1 Å². The van der Waals surface area contributed by atoms with Crippen LogP contribution in [-0.4, -0.2) is 47.3 Å². The molecule has 30 heavy (non-hydrogen) atoms. The summed E-state index contributed by atoms with van der Waals surface area (Å²) in [5.41, 5.74) is 0.0491. The number of carbonyl (C=O) groups is 3. The van der Waals surface area contributed by atoms with E-state index in [1.165, 1.54) is 19.2 Å². The average molecular weight is 450 g/mol. The molecule has 162 valence electrons. The van der Waals surface area contributed by atoms with Crippen LogP contribution >= 0.6 is 11.8 Å². The second-order valence-corrected chi connectivity index (χ2v) is 6.60. The van der Waals surface area contributed by atoms with E-state index in [0.29, 0.717) is 13.0 Å². The van der Waals surface area contributed by atoms with Crippen LogP contribution in [0, 0.1) is 29.1 Å². The summed E-state index contributed by atoms with van der Waals surface area (Å²) < 4.78 is 72.4. The normalized spacial score (nSPS) is 13.6. The van der Waals surface area contributed by atoms with E-state index in [1.54, 1.807) is 17.3 Å². The van der Waals surface area contributed by atoms with Crippen molar-refractivity contribution in [1.29, 1.82) is 0 Å². The molecule has 1 aromatic carbocycles. The SMILES string of the molecule is C/C=C\C(=O)NC=O.CC(=O)CN1CCC(Oc2c(F)c(F)c(F)c(F)c2F)=BS1. The summed E-state index contributed by atoms with van der Waals surface area (Å²) in [4.78, 5) is 30.7. The standard InChI is InChI=1S/C12H9BF5NO2S.C5H7NO2/c1-5(20)4-19-3-2-6(13-22-19)21-12-10(17)8(15)7(14)9(16)11(12)18;1-2-3-5(8)6-4-7/h2-4H2,1H3;2-4H,1H3,(H,6,7,8)/b;3-2-. The van der Waals surface area contributed by atoms with E-state index in [9.17, 15) is 36.3 Å². The van der Waals surface area contributed by atoms with Crippen LogP contribution in [0.25, 0.3) is 0 Å². The number of benzene rings is 1. The van der Waals surface area contributed by atoms with E-state index in [1.807, 2.05) is 5.32 Å². The predicted octanol–water partition coefficient (Wildman–Crippen LogP) is 2.29. The Morgan fingerprint density at radius 2 is 1.70 bits per heavy atom. The molecule has 0 bridgehead atoms. The van der Waals surface area contributed by atoms with Crippen molar-refractivity contribution in [1.82, 2.24) is 9.62 Å². The van der Waals surface area contributed by atoms with E-state index in [-0.39, 0.29) is 30.3 Å². The Labute approximate surface area is 173 Å². The van der Waals surface area contributed by atoms with Gasteiger partial charge in [0.05, 0.1) is 0 Å². The number of Topliss-reactive ketones (excluding diaryl/α,β-unsaturated/α-hetero) is 1. The zero-order chi connectivity index (χ0) is 22.8. The van der Waals surface area contributed by atoms with Gasteiger partial charge in [0, 0.05) is 0 Å². The van der Waals surface area contributed by atoms with Crippen molar-refractivity contribution in [3.63, 3.8) is 0 Å². The average Bonchev–Trinajstić information content (AvgIpc) is 2.70. The molecule has 2 rings (SSSR count). The van der Waals surface area contributed by atoms with Gasteiger partial charge in [0.25, 0.3) is 0 Å². The number of allylic oxidation sites excluding steroid dienone is 1. The number of halogens is 5. The van der Waals surface area contributed by atoms with Crippen LogP contribution in [0.5, 0.6) is 5.75 Å². The molecular weight excluding hydrogens is 434 g/mol. The first-order chi connectivity index (χ1) is 14.1. The van der Waals surface area contributed by atoms with Gasteiger partial charge in [-0.3, -0.25) is 14.9 Å². The van der Waals surface area contributed by atoms with Crippen molar-refractivity contribution in [3.05, 3.63) is 41.2 Å². The second kappa shape index (κ2) is 12.2. The summed E-state index contributed by atoms with van der Waals surface area (Å²) in [5.74, 6) is -12.2. The molecule has 2 amide bonds. The third-order valence-corrected chi connectivity index (χ3v) is 4.24. The number of carbonyl (C=O) groups excluding carboxylic acids is 3. The Bertz CT molecular complexity index is 853. The van der Waals surface area contributed by atoms with Crippen molar-refractivity contribution in [2.75, 3.05) is 13.1 Å². The van der Waals surface area contributed by atoms with Crippen molar-refractivity contribution in [2.45, 2.75) is 20.3 Å². The molecule has 0 aromatic heterocycles. The van der Waals surface area contributed by atoms with Crippen LogP contribution in [0.2, 0.25) is 0 Å². The van der Waals surface area contributed by atoms with E-state index in [0.717, 1.165) is 11.8 Å². The zero-order valence-corrected chi connectivity index (χ0v) is 16.6. The summed E-state index contributed by atoms with van der Waals surface area (Å²) in [6.07, 6.45) is 4.69. The van der Waals surface area contributed by atoms with Gasteiger partial charge in [-0.25, -0.2) is 0 Å². The first-order valence-electron chi connectivity index (χ1n) is 8.28. The molecule has 0 atom stereocenters. The van der Waals surface area contributed by atoms with E-state index in [2.05, 4.69) is 0 Å². The monoisotopic (exact) mass is 450 g/mol. The Kier molecular flexibility index (Phi) is 10.4. The molecule has 1 aliphatic rings. The number of rotatable bonds is 6. The molecule has 0 spiro atoms.